The van der Waals surface area contributed by atoms with Gasteiger partial charge in [0.25, 0.3) is 0 Å². The molecule has 0 amide bonds. The van der Waals surface area contributed by atoms with Gasteiger partial charge < -0.3 is 4.90 Å². The second kappa shape index (κ2) is 2.94. The van der Waals surface area contributed by atoms with E-state index in [4.69, 9.17) is 0 Å². The van der Waals surface area contributed by atoms with E-state index in [1.165, 1.54) is 44.5 Å². The lowest BCUT2D eigenvalue weighted by Crippen LogP contribution is -2.55. The molecule has 0 radical (unpaired) electrons. The molecule has 1 aliphatic carbocycles. The topological polar surface area (TPSA) is 29.0 Å². The second-order valence-corrected chi connectivity index (χ2v) is 4.66. The zero-order chi connectivity index (χ0) is 9.43. The maximum absolute atomic E-state index is 3.91. The molecule has 1 aromatic rings. The Morgan fingerprint density at radius 1 is 1.14 bits per heavy atom. The van der Waals surface area contributed by atoms with Crippen LogP contribution in [0.25, 0.3) is 0 Å². The molecule has 3 nitrogen and oxygen atoms in total. The highest BCUT2D eigenvalue weighted by atomic mass is 15.2. The molecular formula is C11H15N3. The van der Waals surface area contributed by atoms with E-state index >= 15 is 0 Å². The fourth-order valence-corrected chi connectivity index (χ4v) is 2.86. The summed E-state index contributed by atoms with van der Waals surface area (Å²) in [5.74, 6) is 0. The molecule has 2 heterocycles. The lowest BCUT2D eigenvalue weighted by Gasteiger charge is -2.49. The van der Waals surface area contributed by atoms with Crippen LogP contribution in [0.1, 0.15) is 25.7 Å². The van der Waals surface area contributed by atoms with E-state index < -0.39 is 0 Å². The third kappa shape index (κ3) is 1.19. The highest BCUT2D eigenvalue weighted by molar-refractivity contribution is 5.47. The van der Waals surface area contributed by atoms with Crippen molar-refractivity contribution in [2.45, 2.75) is 25.7 Å². The lowest BCUT2D eigenvalue weighted by molar-refractivity contribution is 0.222. The van der Waals surface area contributed by atoms with Crippen molar-refractivity contribution in [2.75, 3.05) is 18.0 Å². The van der Waals surface area contributed by atoms with Crippen molar-refractivity contribution < 1.29 is 0 Å². The van der Waals surface area contributed by atoms with Crippen molar-refractivity contribution in [3.63, 3.8) is 0 Å². The monoisotopic (exact) mass is 189 g/mol. The summed E-state index contributed by atoms with van der Waals surface area (Å²) in [6.07, 6.45) is 9.37. The maximum Gasteiger partial charge on any atom is 0.0729 e. The summed E-state index contributed by atoms with van der Waals surface area (Å²) >= 11 is 0. The largest absolute Gasteiger partial charge is 0.369 e. The Morgan fingerprint density at radius 3 is 2.57 bits per heavy atom. The van der Waals surface area contributed by atoms with Gasteiger partial charge in [-0.25, -0.2) is 0 Å². The molecule has 3 heteroatoms. The Bertz CT molecular complexity index is 309. The molecular weight excluding hydrogens is 174 g/mol. The van der Waals surface area contributed by atoms with Gasteiger partial charge in [-0.3, -0.25) is 0 Å². The van der Waals surface area contributed by atoms with Crippen molar-refractivity contribution in [1.29, 1.82) is 0 Å². The van der Waals surface area contributed by atoms with Crippen LogP contribution in [-0.4, -0.2) is 23.3 Å². The van der Waals surface area contributed by atoms with Gasteiger partial charge in [-0.05, 0) is 18.9 Å². The average molecular weight is 189 g/mol. The zero-order valence-corrected chi connectivity index (χ0v) is 8.32. The van der Waals surface area contributed by atoms with E-state index in [0.717, 1.165) is 0 Å². The molecule has 0 N–H and O–H groups in total. The Morgan fingerprint density at radius 2 is 1.93 bits per heavy atom. The molecule has 0 aromatic carbocycles. The molecule has 1 saturated heterocycles. The minimum Gasteiger partial charge on any atom is -0.369 e. The molecule has 2 aliphatic rings. The number of aromatic nitrogens is 2. The molecule has 1 aromatic heterocycles. The van der Waals surface area contributed by atoms with E-state index in [1.54, 1.807) is 6.20 Å². The second-order valence-electron chi connectivity index (χ2n) is 4.66. The van der Waals surface area contributed by atoms with Crippen LogP contribution in [0.15, 0.2) is 18.5 Å². The fraction of sp³-hybridized carbons (Fsp3) is 0.636. The summed E-state index contributed by atoms with van der Waals surface area (Å²) in [7, 11) is 0. The van der Waals surface area contributed by atoms with Crippen molar-refractivity contribution in [2.24, 2.45) is 5.41 Å². The van der Waals surface area contributed by atoms with Crippen molar-refractivity contribution >= 4 is 5.69 Å². The normalized spacial score (nSPS) is 23.9. The Hall–Kier alpha value is -1.12. The first-order valence-corrected chi connectivity index (χ1v) is 5.40. The Balaban J connectivity index is 1.69. The van der Waals surface area contributed by atoms with Gasteiger partial charge >= 0.3 is 0 Å². The molecule has 0 unspecified atom stereocenters. The molecule has 74 valence electrons. The van der Waals surface area contributed by atoms with Crippen LogP contribution in [0.3, 0.4) is 0 Å². The summed E-state index contributed by atoms with van der Waals surface area (Å²) < 4.78 is 0. The van der Waals surface area contributed by atoms with Gasteiger partial charge in [0.05, 0.1) is 18.1 Å². The van der Waals surface area contributed by atoms with E-state index in [0.29, 0.717) is 5.41 Å². The average Bonchev–Trinajstić information content (AvgIpc) is 2.65. The first kappa shape index (κ1) is 8.21. The van der Waals surface area contributed by atoms with Crippen LogP contribution in [0, 0.1) is 5.41 Å². The molecule has 14 heavy (non-hydrogen) atoms. The first-order valence-electron chi connectivity index (χ1n) is 5.40. The van der Waals surface area contributed by atoms with Crippen LogP contribution in [0.2, 0.25) is 0 Å². The quantitative estimate of drug-likeness (QED) is 0.675. The van der Waals surface area contributed by atoms with Crippen molar-refractivity contribution in [1.82, 2.24) is 10.2 Å². The number of rotatable bonds is 1. The minimum atomic E-state index is 0.670. The van der Waals surface area contributed by atoms with Gasteiger partial charge in [-0.2, -0.15) is 10.2 Å². The van der Waals surface area contributed by atoms with Crippen LogP contribution < -0.4 is 4.90 Å². The summed E-state index contributed by atoms with van der Waals surface area (Å²) in [6, 6.07) is 2.05. The fourth-order valence-electron chi connectivity index (χ4n) is 2.86. The smallest absolute Gasteiger partial charge is 0.0729 e. The van der Waals surface area contributed by atoms with Crippen molar-refractivity contribution in [3.05, 3.63) is 18.5 Å². The summed E-state index contributed by atoms with van der Waals surface area (Å²) in [5, 5.41) is 7.71. The number of hydrogen-bond acceptors (Lipinski definition) is 3. The van der Waals surface area contributed by atoms with Crippen LogP contribution >= 0.6 is 0 Å². The van der Waals surface area contributed by atoms with Gasteiger partial charge in [0.2, 0.25) is 0 Å². The number of hydrogen-bond donors (Lipinski definition) is 0. The Kier molecular flexibility index (Phi) is 1.72. The molecule has 0 bridgehead atoms. The van der Waals surface area contributed by atoms with Crippen LogP contribution in [0.4, 0.5) is 5.69 Å². The number of nitrogens with zero attached hydrogens (tertiary/aromatic N) is 3. The zero-order valence-electron chi connectivity index (χ0n) is 8.32. The van der Waals surface area contributed by atoms with E-state index in [9.17, 15) is 0 Å². The predicted octanol–water partition coefficient (Wildman–Crippen LogP) is 1.86. The summed E-state index contributed by atoms with van der Waals surface area (Å²) in [6.45, 7) is 2.47. The molecule has 1 saturated carbocycles. The van der Waals surface area contributed by atoms with Gasteiger partial charge in [-0.15, -0.1) is 0 Å². The predicted molar refractivity (Wildman–Crippen MR) is 55.1 cm³/mol. The van der Waals surface area contributed by atoms with Gasteiger partial charge in [-0.1, -0.05) is 12.8 Å². The lowest BCUT2D eigenvalue weighted by atomic mass is 9.78. The van der Waals surface area contributed by atoms with Gasteiger partial charge in [0.1, 0.15) is 0 Å². The third-order valence-corrected chi connectivity index (χ3v) is 3.65. The molecule has 1 spiro atoms. The highest BCUT2D eigenvalue weighted by Gasteiger charge is 2.44. The van der Waals surface area contributed by atoms with E-state index in [1.807, 2.05) is 6.20 Å². The first-order chi connectivity index (χ1) is 6.88. The van der Waals surface area contributed by atoms with Crippen LogP contribution in [-0.2, 0) is 0 Å². The SMILES string of the molecule is c1cc(N2CC3(CCCC3)C2)cnn1. The molecule has 0 atom stereocenters. The Labute approximate surface area is 84.1 Å². The van der Waals surface area contributed by atoms with E-state index in [2.05, 4.69) is 21.2 Å². The standard InChI is InChI=1S/C11H15N3/c1-2-5-11(4-1)8-14(9-11)10-3-6-12-13-7-10/h3,6-7H,1-2,4-5,8-9H2. The summed E-state index contributed by atoms with van der Waals surface area (Å²) in [5.41, 5.74) is 1.90. The van der Waals surface area contributed by atoms with E-state index in [-0.39, 0.29) is 0 Å². The highest BCUT2D eigenvalue weighted by Crippen LogP contribution is 2.46. The van der Waals surface area contributed by atoms with Gasteiger partial charge in [0.15, 0.2) is 0 Å². The maximum atomic E-state index is 3.91. The van der Waals surface area contributed by atoms with Crippen molar-refractivity contribution in [3.8, 4) is 0 Å². The van der Waals surface area contributed by atoms with Crippen LogP contribution in [0.5, 0.6) is 0 Å². The summed E-state index contributed by atoms with van der Waals surface area (Å²) in [4.78, 5) is 2.42. The minimum absolute atomic E-state index is 0.670. The molecule has 1 aliphatic heterocycles. The third-order valence-electron chi connectivity index (χ3n) is 3.65. The molecule has 3 rings (SSSR count). The van der Waals surface area contributed by atoms with Gasteiger partial charge in [0, 0.05) is 18.5 Å². The molecule has 2 fully saturated rings. The number of anilines is 1.